The highest BCUT2D eigenvalue weighted by Gasteiger charge is 2.15. The number of nitrogens with zero attached hydrogens (tertiary/aromatic N) is 3. The molecule has 0 amide bonds. The van der Waals surface area contributed by atoms with E-state index in [1.165, 1.54) is 12.1 Å². The number of hydrogen-bond acceptors (Lipinski definition) is 10. The quantitative estimate of drug-likeness (QED) is 0.145. The topological polar surface area (TPSA) is 127 Å². The first kappa shape index (κ1) is 30.8. The summed E-state index contributed by atoms with van der Waals surface area (Å²) in [5, 5.41) is 0.853. The molecule has 13 heteroatoms. The second kappa shape index (κ2) is 14.2. The fourth-order valence-electron chi connectivity index (χ4n) is 4.17. The van der Waals surface area contributed by atoms with Crippen LogP contribution in [0.5, 0.6) is 23.0 Å². The number of halogens is 1. The number of hydrogen-bond donors (Lipinski definition) is 2. The largest absolute Gasteiger partial charge is 0.493 e. The maximum atomic E-state index is 10.4. The summed E-state index contributed by atoms with van der Waals surface area (Å²) < 4.78 is 47.1. The Morgan fingerprint density at radius 3 is 2.46 bits per heavy atom. The Bertz CT molecular complexity index is 1560. The van der Waals surface area contributed by atoms with Crippen molar-refractivity contribution in [1.29, 1.82) is 0 Å². The molecule has 3 heterocycles. The maximum Gasteiger partial charge on any atom is 0.304 e. The van der Waals surface area contributed by atoms with Crippen molar-refractivity contribution in [3.63, 3.8) is 0 Å². The van der Waals surface area contributed by atoms with Crippen molar-refractivity contribution in [2.24, 2.45) is 0 Å². The van der Waals surface area contributed by atoms with Gasteiger partial charge in [0.25, 0.3) is 0 Å². The lowest BCUT2D eigenvalue weighted by molar-refractivity contribution is 0.145. The highest BCUT2D eigenvalue weighted by Crippen LogP contribution is 2.37. The lowest BCUT2D eigenvalue weighted by Gasteiger charge is -2.32. The van der Waals surface area contributed by atoms with Gasteiger partial charge >= 0.3 is 10.1 Å². The normalized spacial score (nSPS) is 14.3. The van der Waals surface area contributed by atoms with Crippen molar-refractivity contribution < 1.29 is 27.2 Å². The van der Waals surface area contributed by atoms with Crippen molar-refractivity contribution in [3.8, 4) is 23.0 Å². The average Bonchev–Trinajstić information content (AvgIpc) is 3.39. The SMILES string of the molecule is COc1cc2c(Oc3cccc(N)c3)ccnc2cc1OCCCN1CCN(C)CC1.O=S(=O)(O)c1ccc(Cl)s1. The molecule has 1 saturated heterocycles. The molecule has 220 valence electrons. The molecule has 0 bridgehead atoms. The van der Waals surface area contributed by atoms with E-state index in [-0.39, 0.29) is 4.21 Å². The minimum atomic E-state index is -4.05. The monoisotopic (exact) mass is 620 g/mol. The molecule has 10 nitrogen and oxygen atoms in total. The number of fused-ring (bicyclic) bond motifs is 1. The van der Waals surface area contributed by atoms with Gasteiger partial charge in [-0.2, -0.15) is 8.42 Å². The van der Waals surface area contributed by atoms with Crippen LogP contribution in [0.1, 0.15) is 6.42 Å². The van der Waals surface area contributed by atoms with Crippen molar-refractivity contribution in [1.82, 2.24) is 14.8 Å². The fraction of sp³-hybridized carbons (Fsp3) is 0.321. The number of benzene rings is 2. The van der Waals surface area contributed by atoms with E-state index < -0.39 is 10.1 Å². The summed E-state index contributed by atoms with van der Waals surface area (Å²) in [6.45, 7) is 6.18. The van der Waals surface area contributed by atoms with Crippen molar-refractivity contribution in [2.75, 3.05) is 59.2 Å². The van der Waals surface area contributed by atoms with Gasteiger partial charge in [0.1, 0.15) is 15.7 Å². The molecule has 5 rings (SSSR count). The number of anilines is 1. The maximum absolute atomic E-state index is 10.4. The van der Waals surface area contributed by atoms with Crippen LogP contribution in [0.25, 0.3) is 10.9 Å². The van der Waals surface area contributed by atoms with Gasteiger partial charge in [-0.15, -0.1) is 11.3 Å². The van der Waals surface area contributed by atoms with E-state index in [0.29, 0.717) is 39.6 Å². The zero-order chi connectivity index (χ0) is 29.4. The fourth-order valence-corrected chi connectivity index (χ4v) is 6.02. The van der Waals surface area contributed by atoms with E-state index >= 15 is 0 Å². The van der Waals surface area contributed by atoms with Gasteiger partial charge < -0.3 is 29.7 Å². The average molecular weight is 621 g/mol. The molecule has 1 aliphatic heterocycles. The van der Waals surface area contributed by atoms with Crippen LogP contribution in [-0.4, -0.2) is 81.2 Å². The number of thiophene rings is 1. The van der Waals surface area contributed by atoms with Gasteiger partial charge in [0.2, 0.25) is 0 Å². The van der Waals surface area contributed by atoms with Crippen LogP contribution in [0, 0.1) is 0 Å². The first-order valence-corrected chi connectivity index (χ1v) is 15.5. The van der Waals surface area contributed by atoms with Crippen LogP contribution in [0.4, 0.5) is 5.69 Å². The van der Waals surface area contributed by atoms with E-state index in [1.807, 2.05) is 36.4 Å². The van der Waals surface area contributed by atoms with Crippen LogP contribution >= 0.6 is 22.9 Å². The van der Waals surface area contributed by atoms with Gasteiger partial charge in [0.05, 0.1) is 23.6 Å². The molecule has 0 spiro atoms. The number of methoxy groups -OCH3 is 1. The van der Waals surface area contributed by atoms with Gasteiger partial charge in [-0.1, -0.05) is 17.7 Å². The smallest absolute Gasteiger partial charge is 0.304 e. The standard InChI is InChI=1S/C24H30N4O3.C4H3ClO3S2/c1-27-10-12-28(13-11-27)9-4-14-30-24-17-21-20(16-23(24)29-2)22(7-8-26-21)31-19-6-3-5-18(25)15-19;5-3-1-2-4(9-3)10(6,7)8/h3,5-8,15-17H,4,9-14,25H2,1-2H3;1-2H,(H,6,7,8). The molecule has 1 aliphatic rings. The molecule has 4 aromatic rings. The summed E-state index contributed by atoms with van der Waals surface area (Å²) in [5.41, 5.74) is 7.31. The van der Waals surface area contributed by atoms with Crippen molar-refractivity contribution in [3.05, 3.63) is 65.1 Å². The number of likely N-dealkylation sites (N-methyl/N-ethyl adjacent to an activating group) is 1. The molecule has 0 aliphatic carbocycles. The Hall–Kier alpha value is -3.13. The second-order valence-electron chi connectivity index (χ2n) is 9.38. The third-order valence-electron chi connectivity index (χ3n) is 6.35. The molecule has 0 unspecified atom stereocenters. The van der Waals surface area contributed by atoms with Gasteiger partial charge in [-0.3, -0.25) is 9.54 Å². The number of aromatic nitrogens is 1. The molecule has 3 N–H and O–H groups in total. The van der Waals surface area contributed by atoms with Crippen LogP contribution in [0.3, 0.4) is 0 Å². The minimum absolute atomic E-state index is 0.127. The zero-order valence-corrected chi connectivity index (χ0v) is 25.2. The van der Waals surface area contributed by atoms with E-state index in [9.17, 15) is 8.42 Å². The summed E-state index contributed by atoms with van der Waals surface area (Å²) >= 11 is 6.23. The van der Waals surface area contributed by atoms with Gasteiger partial charge in [-0.25, -0.2) is 0 Å². The molecule has 2 aromatic carbocycles. The molecule has 0 saturated carbocycles. The molecular weight excluding hydrogens is 588 g/mol. The Morgan fingerprint density at radius 2 is 1.83 bits per heavy atom. The third kappa shape index (κ3) is 8.93. The van der Waals surface area contributed by atoms with Gasteiger partial charge in [0, 0.05) is 62.1 Å². The molecule has 0 atom stereocenters. The number of pyridine rings is 1. The minimum Gasteiger partial charge on any atom is -0.493 e. The molecule has 1 fully saturated rings. The first-order valence-electron chi connectivity index (χ1n) is 12.9. The van der Waals surface area contributed by atoms with Crippen LogP contribution in [-0.2, 0) is 10.1 Å². The van der Waals surface area contributed by atoms with Crippen LogP contribution in [0.2, 0.25) is 4.34 Å². The molecule has 2 aromatic heterocycles. The van der Waals surface area contributed by atoms with Gasteiger partial charge in [0.15, 0.2) is 11.5 Å². The Balaban J connectivity index is 0.000000328. The summed E-state index contributed by atoms with van der Waals surface area (Å²) in [5.74, 6) is 2.73. The van der Waals surface area contributed by atoms with Crippen LogP contribution in [0.15, 0.2) is 65.0 Å². The predicted molar refractivity (Wildman–Crippen MR) is 162 cm³/mol. The molecule has 41 heavy (non-hydrogen) atoms. The summed E-state index contributed by atoms with van der Waals surface area (Å²) in [4.78, 5) is 9.35. The zero-order valence-electron chi connectivity index (χ0n) is 22.8. The summed E-state index contributed by atoms with van der Waals surface area (Å²) in [7, 11) is -0.229. The number of ether oxygens (including phenoxy) is 3. The number of rotatable bonds is 9. The summed E-state index contributed by atoms with van der Waals surface area (Å²) in [6, 6.07) is 15.7. The second-order valence-corrected chi connectivity index (χ2v) is 12.7. The third-order valence-corrected chi connectivity index (χ3v) is 8.90. The van der Waals surface area contributed by atoms with E-state index in [2.05, 4.69) is 21.8 Å². The van der Waals surface area contributed by atoms with Crippen LogP contribution < -0.4 is 19.9 Å². The molecular formula is C28H33ClN4O6S2. The highest BCUT2D eigenvalue weighted by atomic mass is 35.5. The number of nitrogen functional groups attached to an aromatic ring is 1. The van der Waals surface area contributed by atoms with E-state index in [1.54, 1.807) is 19.4 Å². The van der Waals surface area contributed by atoms with Crippen molar-refractivity contribution in [2.45, 2.75) is 10.6 Å². The van der Waals surface area contributed by atoms with Gasteiger partial charge in [-0.05, 0) is 49.9 Å². The van der Waals surface area contributed by atoms with E-state index in [0.717, 1.165) is 61.4 Å². The predicted octanol–water partition coefficient (Wildman–Crippen LogP) is 5.28. The Kier molecular flexibility index (Phi) is 10.6. The summed E-state index contributed by atoms with van der Waals surface area (Å²) in [6.07, 6.45) is 2.70. The van der Waals surface area contributed by atoms with Crippen molar-refractivity contribution >= 4 is 49.6 Å². The number of nitrogens with two attached hydrogens (primary N) is 1. The lowest BCUT2D eigenvalue weighted by atomic mass is 10.1. The molecule has 0 radical (unpaired) electrons. The Morgan fingerprint density at radius 1 is 1.05 bits per heavy atom. The van der Waals surface area contributed by atoms with E-state index in [4.69, 9.17) is 36.1 Å². The Labute approximate surface area is 249 Å². The first-order chi connectivity index (χ1) is 19.6. The highest BCUT2D eigenvalue weighted by molar-refractivity contribution is 7.88. The lowest BCUT2D eigenvalue weighted by Crippen LogP contribution is -2.44. The number of piperazine rings is 1.